The molecule has 5 atom stereocenters. The first-order valence-corrected chi connectivity index (χ1v) is 10.5. The first-order valence-electron chi connectivity index (χ1n) is 8.14. The molecule has 0 saturated carbocycles. The first-order chi connectivity index (χ1) is 11.0. The smallest absolute Gasteiger partial charge is 0.341 e. The largest absolute Gasteiger partial charge is 0.391 e. The van der Waals surface area contributed by atoms with Crippen LogP contribution in [0.3, 0.4) is 0 Å². The standard InChI is InChI=1S/C16H24FNO5Si/c1-15(2,3)24(5)21-9-11-13(23-24)16(4,17)14(22-11)18-7-6-10(19)8-12(18)20/h6-7,11,13-14H,8-9H2,1-5H3/t11-,13-,14-,16-,24?/m1/s1. The molecule has 3 rings (SSSR count). The number of allylic oxidation sites excluding steroid dienone is 1. The van der Waals surface area contributed by atoms with E-state index in [1.54, 1.807) is 0 Å². The van der Waals surface area contributed by atoms with Crippen molar-refractivity contribution >= 4 is 20.3 Å². The number of ether oxygens (including phenoxy) is 1. The summed E-state index contributed by atoms with van der Waals surface area (Å²) in [4.78, 5) is 24.6. The van der Waals surface area contributed by atoms with Crippen LogP contribution in [0.25, 0.3) is 0 Å². The summed E-state index contributed by atoms with van der Waals surface area (Å²) in [6.45, 7) is 9.62. The average molecular weight is 357 g/mol. The number of amides is 1. The SMILES string of the molecule is CC(C)(C)[Si]1(C)OC[C@H]2O[C@@H](N3C=CC(=O)CC3=O)[C@](C)(F)[C@@H]2O1. The van der Waals surface area contributed by atoms with Crippen molar-refractivity contribution in [2.45, 2.75) is 69.8 Å². The van der Waals surface area contributed by atoms with Gasteiger partial charge in [0.2, 0.25) is 5.91 Å². The molecule has 0 aromatic heterocycles. The lowest BCUT2D eigenvalue weighted by Crippen LogP contribution is -2.61. The monoisotopic (exact) mass is 357 g/mol. The molecule has 1 amide bonds. The molecular weight excluding hydrogens is 333 g/mol. The Balaban J connectivity index is 1.87. The first kappa shape index (κ1) is 17.7. The summed E-state index contributed by atoms with van der Waals surface area (Å²) < 4.78 is 33.5. The average Bonchev–Trinajstić information content (AvgIpc) is 2.69. The van der Waals surface area contributed by atoms with Crippen molar-refractivity contribution in [1.29, 1.82) is 0 Å². The molecule has 0 aromatic carbocycles. The summed E-state index contributed by atoms with van der Waals surface area (Å²) in [6.07, 6.45) is -0.196. The van der Waals surface area contributed by atoms with E-state index in [1.807, 2.05) is 27.3 Å². The Kier molecular flexibility index (Phi) is 4.03. The third kappa shape index (κ3) is 2.65. The lowest BCUT2D eigenvalue weighted by molar-refractivity contribution is -0.150. The second kappa shape index (κ2) is 5.45. The Bertz CT molecular complexity index is 602. The van der Waals surface area contributed by atoms with Gasteiger partial charge in [-0.15, -0.1) is 0 Å². The van der Waals surface area contributed by atoms with E-state index in [0.717, 1.165) is 0 Å². The number of carbonyl (C=O) groups is 2. The van der Waals surface area contributed by atoms with Gasteiger partial charge in [-0.1, -0.05) is 20.8 Å². The third-order valence-corrected chi connectivity index (χ3v) is 9.35. The van der Waals surface area contributed by atoms with Crippen LogP contribution in [0.4, 0.5) is 4.39 Å². The molecule has 0 N–H and O–H groups in total. The van der Waals surface area contributed by atoms with Crippen molar-refractivity contribution in [3.05, 3.63) is 12.3 Å². The zero-order valence-electron chi connectivity index (χ0n) is 14.7. The van der Waals surface area contributed by atoms with Gasteiger partial charge in [-0.2, -0.15) is 0 Å². The number of alkyl halides is 1. The minimum absolute atomic E-state index is 0.223. The lowest BCUT2D eigenvalue weighted by atomic mass is 9.97. The summed E-state index contributed by atoms with van der Waals surface area (Å²) in [5, 5.41) is -0.223. The third-order valence-electron chi connectivity index (χ3n) is 5.20. The Morgan fingerprint density at radius 2 is 2.04 bits per heavy atom. The maximum atomic E-state index is 15.6. The molecule has 3 heterocycles. The fourth-order valence-corrected chi connectivity index (χ4v) is 5.40. The van der Waals surface area contributed by atoms with Gasteiger partial charge in [-0.25, -0.2) is 4.39 Å². The van der Waals surface area contributed by atoms with Gasteiger partial charge in [0.05, 0.1) is 13.0 Å². The van der Waals surface area contributed by atoms with Gasteiger partial charge < -0.3 is 13.6 Å². The van der Waals surface area contributed by atoms with Gasteiger partial charge in [0, 0.05) is 11.2 Å². The van der Waals surface area contributed by atoms with E-state index in [1.165, 1.54) is 24.1 Å². The van der Waals surface area contributed by atoms with E-state index in [4.69, 9.17) is 13.6 Å². The van der Waals surface area contributed by atoms with Gasteiger partial charge in [-0.05, 0) is 19.5 Å². The van der Waals surface area contributed by atoms with E-state index in [2.05, 4.69) is 0 Å². The van der Waals surface area contributed by atoms with Gasteiger partial charge in [-0.3, -0.25) is 14.5 Å². The summed E-state index contributed by atoms with van der Waals surface area (Å²) in [6, 6.07) is 0. The van der Waals surface area contributed by atoms with Crippen molar-refractivity contribution in [2.24, 2.45) is 0 Å². The van der Waals surface area contributed by atoms with Crippen LogP contribution in [0, 0.1) is 0 Å². The molecule has 0 bridgehead atoms. The van der Waals surface area contributed by atoms with Crippen LogP contribution in [0.2, 0.25) is 11.6 Å². The molecule has 1 unspecified atom stereocenters. The molecule has 134 valence electrons. The summed E-state index contributed by atoms with van der Waals surface area (Å²) in [5.41, 5.74) is -1.89. The summed E-state index contributed by atoms with van der Waals surface area (Å²) in [7, 11) is -2.62. The minimum Gasteiger partial charge on any atom is -0.391 e. The maximum Gasteiger partial charge on any atom is 0.341 e. The highest BCUT2D eigenvalue weighted by Gasteiger charge is 2.64. The number of hydrogen-bond acceptors (Lipinski definition) is 5. The fourth-order valence-electron chi connectivity index (χ4n) is 3.19. The van der Waals surface area contributed by atoms with E-state index < -0.39 is 38.6 Å². The second-order valence-corrected chi connectivity index (χ2v) is 11.9. The van der Waals surface area contributed by atoms with Crippen LogP contribution in [-0.2, 0) is 23.2 Å². The molecule has 6 nitrogen and oxygen atoms in total. The fraction of sp³-hybridized carbons (Fsp3) is 0.750. The van der Waals surface area contributed by atoms with Crippen LogP contribution < -0.4 is 0 Å². The van der Waals surface area contributed by atoms with E-state index >= 15 is 4.39 Å². The number of carbonyl (C=O) groups excluding carboxylic acids is 2. The second-order valence-electron chi connectivity index (χ2n) is 7.98. The lowest BCUT2D eigenvalue weighted by Gasteiger charge is -2.46. The highest BCUT2D eigenvalue weighted by atomic mass is 28.4. The van der Waals surface area contributed by atoms with E-state index in [-0.39, 0.29) is 23.8 Å². The number of hydrogen-bond donors (Lipinski definition) is 0. The van der Waals surface area contributed by atoms with E-state index in [9.17, 15) is 9.59 Å². The molecule has 24 heavy (non-hydrogen) atoms. The topological polar surface area (TPSA) is 65.1 Å². The van der Waals surface area contributed by atoms with Crippen LogP contribution in [0.15, 0.2) is 12.3 Å². The Morgan fingerprint density at radius 1 is 1.38 bits per heavy atom. The van der Waals surface area contributed by atoms with Crippen LogP contribution in [0.5, 0.6) is 0 Å². The quantitative estimate of drug-likeness (QED) is 0.531. The van der Waals surface area contributed by atoms with Crippen molar-refractivity contribution in [1.82, 2.24) is 4.90 Å². The molecule has 0 spiro atoms. The van der Waals surface area contributed by atoms with Gasteiger partial charge >= 0.3 is 8.56 Å². The number of fused-ring (bicyclic) bond motifs is 1. The minimum atomic E-state index is -2.62. The van der Waals surface area contributed by atoms with Crippen LogP contribution in [0.1, 0.15) is 34.1 Å². The Labute approximate surface area is 142 Å². The molecule has 0 radical (unpaired) electrons. The zero-order chi connectivity index (χ0) is 17.9. The van der Waals surface area contributed by atoms with Crippen molar-refractivity contribution in [3.63, 3.8) is 0 Å². The van der Waals surface area contributed by atoms with E-state index in [0.29, 0.717) is 0 Å². The molecular formula is C16H24FNO5Si. The Hall–Kier alpha value is -1.09. The van der Waals surface area contributed by atoms with Gasteiger partial charge in [0.1, 0.15) is 12.2 Å². The molecule has 8 heteroatoms. The van der Waals surface area contributed by atoms with Crippen molar-refractivity contribution in [3.8, 4) is 0 Å². The normalized spacial score (nSPS) is 43.2. The number of halogens is 1. The highest BCUT2D eigenvalue weighted by Crippen LogP contribution is 2.48. The number of ketones is 1. The Morgan fingerprint density at radius 3 is 2.62 bits per heavy atom. The summed E-state index contributed by atoms with van der Waals surface area (Å²) >= 11 is 0. The van der Waals surface area contributed by atoms with Gasteiger partial charge in [0.15, 0.2) is 17.7 Å². The van der Waals surface area contributed by atoms with Crippen molar-refractivity contribution < 1.29 is 27.6 Å². The predicted octanol–water partition coefficient (Wildman–Crippen LogP) is 2.04. The number of nitrogens with zero attached hydrogens (tertiary/aromatic N) is 1. The van der Waals surface area contributed by atoms with Crippen LogP contribution in [-0.4, -0.2) is 55.9 Å². The van der Waals surface area contributed by atoms with Crippen LogP contribution >= 0.6 is 0 Å². The molecule has 3 aliphatic heterocycles. The highest BCUT2D eigenvalue weighted by molar-refractivity contribution is 6.69. The maximum absolute atomic E-state index is 15.6. The van der Waals surface area contributed by atoms with Gasteiger partial charge in [0.25, 0.3) is 0 Å². The van der Waals surface area contributed by atoms with Crippen molar-refractivity contribution in [2.75, 3.05) is 6.61 Å². The summed E-state index contributed by atoms with van der Waals surface area (Å²) in [5.74, 6) is -0.758. The number of rotatable bonds is 1. The molecule has 3 aliphatic rings. The molecule has 2 saturated heterocycles. The zero-order valence-corrected chi connectivity index (χ0v) is 15.7. The molecule has 0 aliphatic carbocycles. The molecule has 2 fully saturated rings. The molecule has 0 aromatic rings. The predicted molar refractivity (Wildman–Crippen MR) is 85.9 cm³/mol.